The number of aromatic nitrogens is 5. The number of nitrogens with zero attached hydrogens (tertiary/aromatic N) is 4. The summed E-state index contributed by atoms with van der Waals surface area (Å²) in [5.41, 5.74) is 8.69. The van der Waals surface area contributed by atoms with Crippen LogP contribution in [-0.2, 0) is 0 Å². The highest BCUT2D eigenvalue weighted by atomic mass is 32.1. The summed E-state index contributed by atoms with van der Waals surface area (Å²) >= 11 is 1.81. The second-order valence-corrected chi connectivity index (χ2v) is 9.64. The molecule has 0 aliphatic heterocycles. The molecule has 0 saturated carbocycles. The maximum absolute atomic E-state index is 4.97. The van der Waals surface area contributed by atoms with Crippen LogP contribution in [0.1, 0.15) is 4.88 Å². The van der Waals surface area contributed by atoms with Crippen molar-refractivity contribution in [3.63, 3.8) is 0 Å². The second kappa shape index (κ2) is 7.56. The van der Waals surface area contributed by atoms with Gasteiger partial charge in [0.1, 0.15) is 11.2 Å². The molecule has 6 rings (SSSR count). The first-order chi connectivity index (χ1) is 16.1. The minimum Gasteiger partial charge on any atom is -0.376 e. The van der Waals surface area contributed by atoms with Gasteiger partial charge < -0.3 is 9.88 Å². The van der Waals surface area contributed by atoms with Crippen LogP contribution < -0.4 is 4.90 Å². The maximum Gasteiger partial charge on any atom is 0.135 e. The zero-order valence-corrected chi connectivity index (χ0v) is 19.4. The normalized spacial score (nSPS) is 11.5. The number of pyridine rings is 2. The molecule has 7 heteroatoms. The summed E-state index contributed by atoms with van der Waals surface area (Å²) < 4.78 is 0. The Balaban J connectivity index is 1.48. The first kappa shape index (κ1) is 19.7. The molecule has 0 aliphatic carbocycles. The Labute approximate surface area is 195 Å². The molecule has 0 bridgehead atoms. The van der Waals surface area contributed by atoms with E-state index in [1.807, 2.05) is 54.9 Å². The molecule has 2 N–H and O–H groups in total. The number of aryl methyl sites for hydroxylation is 1. The van der Waals surface area contributed by atoms with E-state index < -0.39 is 0 Å². The van der Waals surface area contributed by atoms with Gasteiger partial charge in [-0.1, -0.05) is 12.1 Å². The van der Waals surface area contributed by atoms with Gasteiger partial charge in [-0.05, 0) is 49.4 Å². The van der Waals surface area contributed by atoms with Gasteiger partial charge in [-0.2, -0.15) is 5.10 Å². The summed E-state index contributed by atoms with van der Waals surface area (Å²) in [6.45, 7) is 2.14. The van der Waals surface area contributed by atoms with Crippen molar-refractivity contribution in [1.82, 2.24) is 25.1 Å². The molecule has 0 radical (unpaired) electrons. The molecule has 5 aromatic heterocycles. The third-order valence-corrected chi connectivity index (χ3v) is 6.90. The largest absolute Gasteiger partial charge is 0.376 e. The summed E-state index contributed by atoms with van der Waals surface area (Å²) in [6, 6.07) is 19.0. The van der Waals surface area contributed by atoms with Gasteiger partial charge in [0, 0.05) is 52.1 Å². The van der Waals surface area contributed by atoms with Crippen molar-refractivity contribution in [3.05, 3.63) is 71.9 Å². The number of hydrogen-bond donors (Lipinski definition) is 2. The predicted octanol–water partition coefficient (Wildman–Crippen LogP) is 6.27. The number of aromatic amines is 2. The number of thiophene rings is 1. The average Bonchev–Trinajstić information content (AvgIpc) is 3.55. The van der Waals surface area contributed by atoms with E-state index in [9.17, 15) is 0 Å². The number of fused-ring (bicyclic) bond motifs is 2. The second-order valence-electron chi connectivity index (χ2n) is 8.35. The van der Waals surface area contributed by atoms with Crippen molar-refractivity contribution in [2.45, 2.75) is 6.92 Å². The summed E-state index contributed by atoms with van der Waals surface area (Å²) in [6.07, 6.45) is 3.70. The van der Waals surface area contributed by atoms with Crippen LogP contribution in [0.25, 0.3) is 55.0 Å². The third-order valence-electron chi connectivity index (χ3n) is 5.87. The molecule has 6 aromatic rings. The summed E-state index contributed by atoms with van der Waals surface area (Å²) in [5, 5.41) is 8.93. The van der Waals surface area contributed by atoms with Crippen LogP contribution in [-0.4, -0.2) is 39.2 Å². The molecular formula is C26H22N6S. The molecule has 0 unspecified atom stereocenters. The van der Waals surface area contributed by atoms with Crippen LogP contribution >= 0.6 is 11.3 Å². The van der Waals surface area contributed by atoms with E-state index in [-0.39, 0.29) is 0 Å². The molecule has 6 nitrogen and oxygen atoms in total. The third kappa shape index (κ3) is 3.37. The van der Waals surface area contributed by atoms with E-state index in [0.29, 0.717) is 0 Å². The van der Waals surface area contributed by atoms with Crippen molar-refractivity contribution in [2.75, 3.05) is 19.0 Å². The van der Waals surface area contributed by atoms with E-state index in [1.165, 1.54) is 20.7 Å². The van der Waals surface area contributed by atoms with Crippen molar-refractivity contribution in [2.24, 2.45) is 0 Å². The van der Waals surface area contributed by atoms with Crippen LogP contribution in [0.2, 0.25) is 0 Å². The zero-order chi connectivity index (χ0) is 22.5. The number of nitrogens with one attached hydrogen (secondary N) is 2. The Morgan fingerprint density at radius 2 is 1.85 bits per heavy atom. The van der Waals surface area contributed by atoms with Crippen molar-refractivity contribution < 1.29 is 0 Å². The molecule has 0 fully saturated rings. The highest BCUT2D eigenvalue weighted by Gasteiger charge is 2.16. The van der Waals surface area contributed by atoms with Gasteiger partial charge in [0.05, 0.1) is 28.8 Å². The van der Waals surface area contributed by atoms with Crippen molar-refractivity contribution >= 4 is 39.0 Å². The molecule has 5 heterocycles. The first-order valence-corrected chi connectivity index (χ1v) is 11.6. The molecule has 0 spiro atoms. The molecular weight excluding hydrogens is 428 g/mol. The van der Waals surface area contributed by atoms with E-state index in [1.54, 1.807) is 0 Å². The summed E-state index contributed by atoms with van der Waals surface area (Å²) in [7, 11) is 4.01. The van der Waals surface area contributed by atoms with E-state index in [2.05, 4.69) is 69.6 Å². The van der Waals surface area contributed by atoms with Crippen molar-refractivity contribution in [3.8, 4) is 33.1 Å². The maximum atomic E-state index is 4.97. The Hall–Kier alpha value is -3.97. The van der Waals surface area contributed by atoms with E-state index in [0.717, 1.165) is 44.9 Å². The molecule has 0 atom stereocenters. The monoisotopic (exact) mass is 450 g/mol. The molecule has 0 amide bonds. The number of anilines is 1. The zero-order valence-electron chi connectivity index (χ0n) is 18.5. The Morgan fingerprint density at radius 3 is 2.67 bits per heavy atom. The van der Waals surface area contributed by atoms with Crippen molar-refractivity contribution in [1.29, 1.82) is 0 Å². The van der Waals surface area contributed by atoms with Gasteiger partial charge in [0.25, 0.3) is 0 Å². The number of H-pyrrole nitrogens is 2. The lowest BCUT2D eigenvalue weighted by molar-refractivity contribution is 1.11. The lowest BCUT2D eigenvalue weighted by Gasteiger charge is -2.12. The Morgan fingerprint density at radius 1 is 0.939 bits per heavy atom. The number of hydrogen-bond acceptors (Lipinski definition) is 5. The van der Waals surface area contributed by atoms with Gasteiger partial charge in [-0.3, -0.25) is 10.1 Å². The van der Waals surface area contributed by atoms with Gasteiger partial charge in [0.15, 0.2) is 0 Å². The minimum absolute atomic E-state index is 0.813. The fraction of sp³-hybridized carbons (Fsp3) is 0.115. The lowest BCUT2D eigenvalue weighted by atomic mass is 10.1. The standard InChI is InChI=1S/C26H22N6S/c1-15-7-10-24(33-15)18-5-4-6-21-19(18)12-23(28-21)26-25-22(30-31-26)9-8-20(29-25)16-11-17(32(2)3)14-27-13-16/h4-14,28H,1-3H3,(H,30,31). The first-order valence-electron chi connectivity index (χ1n) is 10.7. The molecule has 1 aromatic carbocycles. The number of benzene rings is 1. The molecule has 0 saturated heterocycles. The summed E-state index contributed by atoms with van der Waals surface area (Å²) in [5.74, 6) is 0. The quantitative estimate of drug-likeness (QED) is 0.332. The highest BCUT2D eigenvalue weighted by Crippen LogP contribution is 2.36. The fourth-order valence-electron chi connectivity index (χ4n) is 4.14. The van der Waals surface area contributed by atoms with Gasteiger partial charge in [0.2, 0.25) is 0 Å². The Kier molecular flexibility index (Phi) is 4.52. The molecule has 0 aliphatic rings. The number of rotatable bonds is 4. The van der Waals surface area contributed by atoms with E-state index in [4.69, 9.17) is 4.98 Å². The Bertz CT molecular complexity index is 1620. The van der Waals surface area contributed by atoms with Gasteiger partial charge in [-0.15, -0.1) is 11.3 Å². The minimum atomic E-state index is 0.813. The smallest absolute Gasteiger partial charge is 0.135 e. The molecule has 162 valence electrons. The van der Waals surface area contributed by atoms with Gasteiger partial charge in [-0.25, -0.2) is 4.98 Å². The highest BCUT2D eigenvalue weighted by molar-refractivity contribution is 7.15. The predicted molar refractivity (Wildman–Crippen MR) is 137 cm³/mol. The van der Waals surface area contributed by atoms with Crippen LogP contribution in [0.3, 0.4) is 0 Å². The van der Waals surface area contributed by atoms with Crippen LogP contribution in [0.15, 0.2) is 67.0 Å². The topological polar surface area (TPSA) is 73.5 Å². The van der Waals surface area contributed by atoms with Crippen LogP contribution in [0.5, 0.6) is 0 Å². The SMILES string of the molecule is Cc1ccc(-c2cccc3[nH]c(-c4n[nH]c5ccc(-c6cncc(N(C)C)c6)nc45)cc23)s1. The fourth-order valence-corrected chi connectivity index (χ4v) is 5.04. The van der Waals surface area contributed by atoms with E-state index >= 15 is 0 Å². The molecule has 33 heavy (non-hydrogen) atoms. The van der Waals surface area contributed by atoms with Crippen LogP contribution in [0, 0.1) is 6.92 Å². The average molecular weight is 451 g/mol. The summed E-state index contributed by atoms with van der Waals surface area (Å²) in [4.78, 5) is 17.5. The lowest BCUT2D eigenvalue weighted by Crippen LogP contribution is -2.08. The van der Waals surface area contributed by atoms with Crippen LogP contribution in [0.4, 0.5) is 5.69 Å². The van der Waals surface area contributed by atoms with Gasteiger partial charge >= 0.3 is 0 Å².